The van der Waals surface area contributed by atoms with Crippen molar-refractivity contribution in [3.05, 3.63) is 59.9 Å². The Bertz CT molecular complexity index is 638. The van der Waals surface area contributed by atoms with Crippen LogP contribution in [-0.4, -0.2) is 23.2 Å². The molecule has 0 aliphatic rings. The SMILES string of the molecule is COc1ccc(C=CC(=O)O)c(OCc2cccnc2)c1. The van der Waals surface area contributed by atoms with Crippen LogP contribution in [0.2, 0.25) is 0 Å². The average molecular weight is 285 g/mol. The number of carboxylic acids is 1. The zero-order chi connectivity index (χ0) is 15.1. The molecule has 0 fully saturated rings. The van der Waals surface area contributed by atoms with Crippen LogP contribution in [0.5, 0.6) is 11.5 Å². The van der Waals surface area contributed by atoms with E-state index in [1.165, 1.54) is 6.08 Å². The van der Waals surface area contributed by atoms with Gasteiger partial charge in [0.05, 0.1) is 7.11 Å². The summed E-state index contributed by atoms with van der Waals surface area (Å²) in [5, 5.41) is 8.71. The van der Waals surface area contributed by atoms with E-state index in [-0.39, 0.29) is 0 Å². The largest absolute Gasteiger partial charge is 0.497 e. The summed E-state index contributed by atoms with van der Waals surface area (Å²) in [6, 6.07) is 8.95. The zero-order valence-corrected chi connectivity index (χ0v) is 11.5. The van der Waals surface area contributed by atoms with E-state index in [1.54, 1.807) is 37.7 Å². The molecule has 1 heterocycles. The van der Waals surface area contributed by atoms with Gasteiger partial charge >= 0.3 is 5.97 Å². The lowest BCUT2D eigenvalue weighted by molar-refractivity contribution is -0.131. The predicted octanol–water partition coefficient (Wildman–Crippen LogP) is 2.77. The number of nitrogens with zero attached hydrogens (tertiary/aromatic N) is 1. The first-order valence-corrected chi connectivity index (χ1v) is 6.30. The van der Waals surface area contributed by atoms with E-state index < -0.39 is 5.97 Å². The molecule has 0 radical (unpaired) electrons. The number of methoxy groups -OCH3 is 1. The Kier molecular flexibility index (Phi) is 4.93. The first kappa shape index (κ1) is 14.6. The van der Waals surface area contributed by atoms with Gasteiger partial charge in [-0.25, -0.2) is 4.79 Å². The van der Waals surface area contributed by atoms with Crippen molar-refractivity contribution in [2.24, 2.45) is 0 Å². The summed E-state index contributed by atoms with van der Waals surface area (Å²) in [6.07, 6.45) is 5.96. The smallest absolute Gasteiger partial charge is 0.328 e. The third kappa shape index (κ3) is 4.35. The van der Waals surface area contributed by atoms with Gasteiger partial charge in [-0.2, -0.15) is 0 Å². The standard InChI is InChI=1S/C16H15NO4/c1-20-14-6-4-13(5-7-16(18)19)15(9-14)21-11-12-3-2-8-17-10-12/h2-10H,11H2,1H3,(H,18,19). The average Bonchev–Trinajstić information content (AvgIpc) is 2.52. The molecule has 1 N–H and O–H groups in total. The highest BCUT2D eigenvalue weighted by Crippen LogP contribution is 2.26. The minimum absolute atomic E-state index is 0.342. The van der Waals surface area contributed by atoms with Crippen LogP contribution in [0, 0.1) is 0 Å². The van der Waals surface area contributed by atoms with Crippen molar-refractivity contribution in [2.75, 3.05) is 7.11 Å². The molecule has 0 aliphatic carbocycles. The molecule has 1 aromatic carbocycles. The van der Waals surface area contributed by atoms with Gasteiger partial charge in [0.1, 0.15) is 18.1 Å². The Labute approximate surface area is 122 Å². The molecule has 5 heteroatoms. The Morgan fingerprint density at radius 1 is 1.38 bits per heavy atom. The fourth-order valence-electron chi connectivity index (χ4n) is 1.71. The number of aromatic nitrogens is 1. The second-order valence-electron chi connectivity index (χ2n) is 4.23. The first-order valence-electron chi connectivity index (χ1n) is 6.30. The fourth-order valence-corrected chi connectivity index (χ4v) is 1.71. The van der Waals surface area contributed by atoms with Crippen LogP contribution in [0.4, 0.5) is 0 Å². The van der Waals surface area contributed by atoms with E-state index in [2.05, 4.69) is 4.98 Å². The molecule has 2 rings (SSSR count). The molecule has 0 saturated carbocycles. The number of hydrogen-bond acceptors (Lipinski definition) is 4. The number of pyridine rings is 1. The number of carboxylic acid groups (broad SMARTS) is 1. The van der Waals surface area contributed by atoms with Crippen LogP contribution in [0.1, 0.15) is 11.1 Å². The molecule has 0 saturated heterocycles. The van der Waals surface area contributed by atoms with Crippen molar-refractivity contribution in [1.29, 1.82) is 0 Å². The highest BCUT2D eigenvalue weighted by atomic mass is 16.5. The summed E-state index contributed by atoms with van der Waals surface area (Å²) in [5.74, 6) is 0.184. The summed E-state index contributed by atoms with van der Waals surface area (Å²) in [4.78, 5) is 14.6. The van der Waals surface area contributed by atoms with Gasteiger partial charge in [0.25, 0.3) is 0 Å². The molecule has 0 amide bonds. The third-order valence-corrected chi connectivity index (χ3v) is 2.74. The molecule has 0 bridgehead atoms. The molecule has 0 unspecified atom stereocenters. The van der Waals surface area contributed by atoms with Crippen molar-refractivity contribution in [3.8, 4) is 11.5 Å². The van der Waals surface area contributed by atoms with E-state index in [1.807, 2.05) is 12.1 Å². The maximum absolute atomic E-state index is 10.6. The summed E-state index contributed by atoms with van der Waals surface area (Å²) in [7, 11) is 1.56. The van der Waals surface area contributed by atoms with Crippen LogP contribution < -0.4 is 9.47 Å². The van der Waals surface area contributed by atoms with Crippen molar-refractivity contribution < 1.29 is 19.4 Å². The minimum Gasteiger partial charge on any atom is -0.497 e. The lowest BCUT2D eigenvalue weighted by Crippen LogP contribution is -1.98. The van der Waals surface area contributed by atoms with Crippen LogP contribution in [0.25, 0.3) is 6.08 Å². The maximum atomic E-state index is 10.6. The van der Waals surface area contributed by atoms with Crippen LogP contribution >= 0.6 is 0 Å². The molecule has 0 aliphatic heterocycles. The van der Waals surface area contributed by atoms with E-state index in [9.17, 15) is 4.79 Å². The molecule has 5 nitrogen and oxygen atoms in total. The molecule has 108 valence electrons. The second-order valence-corrected chi connectivity index (χ2v) is 4.23. The van der Waals surface area contributed by atoms with Crippen LogP contribution in [0.3, 0.4) is 0 Å². The van der Waals surface area contributed by atoms with Gasteiger partial charge in [-0.3, -0.25) is 4.98 Å². The van der Waals surface area contributed by atoms with Crippen molar-refractivity contribution in [1.82, 2.24) is 4.98 Å². The van der Waals surface area contributed by atoms with Gasteiger partial charge in [-0.15, -0.1) is 0 Å². The summed E-state index contributed by atoms with van der Waals surface area (Å²) in [6.45, 7) is 0.342. The minimum atomic E-state index is -1.01. The number of ether oxygens (including phenoxy) is 2. The summed E-state index contributed by atoms with van der Waals surface area (Å²) >= 11 is 0. The Hall–Kier alpha value is -2.82. The van der Waals surface area contributed by atoms with Gasteiger partial charge in [0, 0.05) is 35.7 Å². The predicted molar refractivity (Wildman–Crippen MR) is 78.2 cm³/mol. The number of rotatable bonds is 6. The van der Waals surface area contributed by atoms with Gasteiger partial charge in [0.2, 0.25) is 0 Å². The molecular weight excluding hydrogens is 270 g/mol. The van der Waals surface area contributed by atoms with Gasteiger partial charge in [0.15, 0.2) is 0 Å². The lowest BCUT2D eigenvalue weighted by Gasteiger charge is -2.11. The van der Waals surface area contributed by atoms with Crippen molar-refractivity contribution in [3.63, 3.8) is 0 Å². The Balaban J connectivity index is 2.20. The number of carbonyl (C=O) groups is 1. The Morgan fingerprint density at radius 2 is 2.24 bits per heavy atom. The normalized spacial score (nSPS) is 10.5. The van der Waals surface area contributed by atoms with E-state index >= 15 is 0 Å². The molecule has 0 spiro atoms. The molecule has 0 atom stereocenters. The highest BCUT2D eigenvalue weighted by molar-refractivity contribution is 5.86. The molecule has 1 aromatic heterocycles. The highest BCUT2D eigenvalue weighted by Gasteiger charge is 2.05. The van der Waals surface area contributed by atoms with Crippen LogP contribution in [0.15, 0.2) is 48.8 Å². The molecule has 2 aromatic rings. The van der Waals surface area contributed by atoms with E-state index in [0.717, 1.165) is 11.6 Å². The third-order valence-electron chi connectivity index (χ3n) is 2.74. The van der Waals surface area contributed by atoms with Crippen LogP contribution in [-0.2, 0) is 11.4 Å². The van der Waals surface area contributed by atoms with E-state index in [0.29, 0.717) is 23.7 Å². The number of aliphatic carboxylic acids is 1. The summed E-state index contributed by atoms with van der Waals surface area (Å²) < 4.78 is 10.9. The monoisotopic (exact) mass is 285 g/mol. The fraction of sp³-hybridized carbons (Fsp3) is 0.125. The Morgan fingerprint density at radius 3 is 2.90 bits per heavy atom. The number of hydrogen-bond donors (Lipinski definition) is 1. The summed E-state index contributed by atoms with van der Waals surface area (Å²) in [5.41, 5.74) is 1.59. The first-order chi connectivity index (χ1) is 10.2. The number of benzene rings is 1. The van der Waals surface area contributed by atoms with Crippen molar-refractivity contribution >= 4 is 12.0 Å². The van der Waals surface area contributed by atoms with E-state index in [4.69, 9.17) is 14.6 Å². The zero-order valence-electron chi connectivity index (χ0n) is 11.5. The van der Waals surface area contributed by atoms with Gasteiger partial charge < -0.3 is 14.6 Å². The topological polar surface area (TPSA) is 68.7 Å². The van der Waals surface area contributed by atoms with Gasteiger partial charge in [-0.05, 0) is 24.3 Å². The molecular formula is C16H15NO4. The maximum Gasteiger partial charge on any atom is 0.328 e. The second kappa shape index (κ2) is 7.09. The quantitative estimate of drug-likeness (QED) is 0.826. The lowest BCUT2D eigenvalue weighted by atomic mass is 10.1. The van der Waals surface area contributed by atoms with Gasteiger partial charge in [-0.1, -0.05) is 6.07 Å². The van der Waals surface area contributed by atoms with Crippen molar-refractivity contribution in [2.45, 2.75) is 6.61 Å². The molecule has 21 heavy (non-hydrogen) atoms.